The number of rotatable bonds is 7. The number of carbonyl (C=O) groups excluding carboxylic acids is 2. The molecular weight excluding hydrogens is 428 g/mol. The smallest absolute Gasteiger partial charge is 0.343 e. The molecule has 2 heterocycles. The molecule has 7 nitrogen and oxygen atoms in total. The minimum Gasteiger partial charge on any atom is -0.462 e. The Hall–Kier alpha value is -4.00. The molecule has 2 aromatic carbocycles. The number of hydrogen-bond acceptors (Lipinski definition) is 5. The second-order valence-corrected chi connectivity index (χ2v) is 8.35. The van der Waals surface area contributed by atoms with E-state index < -0.39 is 5.97 Å². The highest BCUT2D eigenvalue weighted by atomic mass is 16.5. The first-order chi connectivity index (χ1) is 16.4. The summed E-state index contributed by atoms with van der Waals surface area (Å²) in [6.07, 6.45) is 2.26. The molecule has 0 aliphatic carbocycles. The van der Waals surface area contributed by atoms with E-state index in [4.69, 9.17) is 9.72 Å². The molecule has 0 unspecified atom stereocenters. The highest BCUT2D eigenvalue weighted by molar-refractivity contribution is 6.00. The Labute approximate surface area is 198 Å². The molecule has 0 aliphatic heterocycles. The van der Waals surface area contributed by atoms with Crippen molar-refractivity contribution in [1.29, 1.82) is 0 Å². The first kappa shape index (κ1) is 23.2. The van der Waals surface area contributed by atoms with Crippen LogP contribution in [0, 0.1) is 20.8 Å². The van der Waals surface area contributed by atoms with Crippen LogP contribution in [0.15, 0.2) is 54.7 Å². The summed E-state index contributed by atoms with van der Waals surface area (Å²) in [5, 5.41) is 8.34. The standard InChI is InChI=1S/C27H28N4O3/c1-5-34-27(33)22-16-28-31(26(22)30-24(32)12-11-20-9-7-6-8-10-20)23-15-18(3)21-14-17(2)13-19(4)25(21)29-23/h6-10,13-16H,5,11-12H2,1-4H3,(H,30,32). The van der Waals surface area contributed by atoms with Crippen LogP contribution in [-0.4, -0.2) is 33.2 Å². The molecule has 1 N–H and O–H groups in total. The maximum absolute atomic E-state index is 12.8. The van der Waals surface area contributed by atoms with Crippen LogP contribution in [0.3, 0.4) is 0 Å². The van der Waals surface area contributed by atoms with E-state index in [1.807, 2.05) is 50.2 Å². The lowest BCUT2D eigenvalue weighted by molar-refractivity contribution is -0.116. The zero-order valence-corrected chi connectivity index (χ0v) is 19.9. The largest absolute Gasteiger partial charge is 0.462 e. The van der Waals surface area contributed by atoms with Gasteiger partial charge in [-0.25, -0.2) is 9.78 Å². The quantitative estimate of drug-likeness (QED) is 0.391. The van der Waals surface area contributed by atoms with Gasteiger partial charge in [-0.15, -0.1) is 0 Å². The van der Waals surface area contributed by atoms with Gasteiger partial charge >= 0.3 is 5.97 Å². The molecule has 1 amide bonds. The zero-order chi connectivity index (χ0) is 24.2. The molecular formula is C27H28N4O3. The van der Waals surface area contributed by atoms with Crippen LogP contribution in [-0.2, 0) is 16.0 Å². The van der Waals surface area contributed by atoms with E-state index in [0.29, 0.717) is 12.2 Å². The minimum absolute atomic E-state index is 0.190. The Kier molecular flexibility index (Phi) is 6.72. The molecule has 4 rings (SSSR count). The molecule has 0 saturated heterocycles. The fourth-order valence-electron chi connectivity index (χ4n) is 4.03. The Morgan fingerprint density at radius 3 is 2.53 bits per heavy atom. The van der Waals surface area contributed by atoms with E-state index in [1.165, 1.54) is 10.9 Å². The third-order valence-corrected chi connectivity index (χ3v) is 5.66. The van der Waals surface area contributed by atoms with Crippen molar-refractivity contribution in [2.75, 3.05) is 11.9 Å². The average molecular weight is 457 g/mol. The minimum atomic E-state index is -0.545. The molecule has 34 heavy (non-hydrogen) atoms. The van der Waals surface area contributed by atoms with Gasteiger partial charge in [-0.2, -0.15) is 9.78 Å². The molecule has 0 spiro atoms. The van der Waals surface area contributed by atoms with Crippen LogP contribution in [0.25, 0.3) is 16.7 Å². The van der Waals surface area contributed by atoms with E-state index in [-0.39, 0.29) is 30.3 Å². The van der Waals surface area contributed by atoms with Gasteiger partial charge in [0.2, 0.25) is 5.91 Å². The lowest BCUT2D eigenvalue weighted by atomic mass is 10.0. The predicted molar refractivity (Wildman–Crippen MR) is 132 cm³/mol. The zero-order valence-electron chi connectivity index (χ0n) is 19.9. The summed E-state index contributed by atoms with van der Waals surface area (Å²) in [5.41, 5.74) is 5.35. The van der Waals surface area contributed by atoms with E-state index in [0.717, 1.165) is 33.2 Å². The van der Waals surface area contributed by atoms with Gasteiger partial charge in [-0.05, 0) is 62.9 Å². The highest BCUT2D eigenvalue weighted by Gasteiger charge is 2.22. The summed E-state index contributed by atoms with van der Waals surface area (Å²) in [6.45, 7) is 8.05. The summed E-state index contributed by atoms with van der Waals surface area (Å²) < 4.78 is 6.69. The van der Waals surface area contributed by atoms with E-state index >= 15 is 0 Å². The van der Waals surface area contributed by atoms with Crippen LogP contribution >= 0.6 is 0 Å². The number of fused-ring (bicyclic) bond motifs is 1. The number of pyridine rings is 1. The van der Waals surface area contributed by atoms with Gasteiger partial charge < -0.3 is 10.1 Å². The van der Waals surface area contributed by atoms with Crippen molar-refractivity contribution in [2.24, 2.45) is 0 Å². The fraction of sp³-hybridized carbons (Fsp3) is 0.259. The topological polar surface area (TPSA) is 86.1 Å². The van der Waals surface area contributed by atoms with Crippen LogP contribution in [0.4, 0.5) is 5.82 Å². The van der Waals surface area contributed by atoms with E-state index in [9.17, 15) is 9.59 Å². The summed E-state index contributed by atoms with van der Waals surface area (Å²) >= 11 is 0. The Morgan fingerprint density at radius 1 is 1.03 bits per heavy atom. The van der Waals surface area contributed by atoms with Crippen LogP contribution in [0.1, 0.15) is 46.0 Å². The van der Waals surface area contributed by atoms with Gasteiger partial charge in [0, 0.05) is 11.8 Å². The summed E-state index contributed by atoms with van der Waals surface area (Å²) in [4.78, 5) is 30.3. The molecule has 2 aromatic heterocycles. The van der Waals surface area contributed by atoms with Crippen molar-refractivity contribution in [1.82, 2.24) is 14.8 Å². The number of nitrogens with zero attached hydrogens (tertiary/aromatic N) is 3. The number of aryl methyl sites for hydroxylation is 4. The lowest BCUT2D eigenvalue weighted by Gasteiger charge is -2.13. The molecule has 0 fully saturated rings. The number of esters is 1. The van der Waals surface area contributed by atoms with Crippen molar-refractivity contribution in [2.45, 2.75) is 40.5 Å². The maximum atomic E-state index is 12.8. The van der Waals surface area contributed by atoms with Gasteiger partial charge in [0.05, 0.1) is 18.3 Å². The van der Waals surface area contributed by atoms with Crippen molar-refractivity contribution in [3.63, 3.8) is 0 Å². The normalized spacial score (nSPS) is 10.9. The molecule has 0 atom stereocenters. The third-order valence-electron chi connectivity index (χ3n) is 5.66. The number of ether oxygens (including phenoxy) is 1. The first-order valence-electron chi connectivity index (χ1n) is 11.3. The number of aromatic nitrogens is 3. The molecule has 0 radical (unpaired) electrons. The van der Waals surface area contributed by atoms with Crippen molar-refractivity contribution in [3.05, 3.63) is 82.5 Å². The number of amides is 1. The predicted octanol–water partition coefficient (Wildman–Crippen LogP) is 5.09. The van der Waals surface area contributed by atoms with Crippen molar-refractivity contribution < 1.29 is 14.3 Å². The molecule has 7 heteroatoms. The Balaban J connectivity index is 1.72. The molecule has 0 bridgehead atoms. The summed E-state index contributed by atoms with van der Waals surface area (Å²) in [5.74, 6) is 0.00952. The van der Waals surface area contributed by atoms with Crippen molar-refractivity contribution >= 4 is 28.6 Å². The van der Waals surface area contributed by atoms with Crippen molar-refractivity contribution in [3.8, 4) is 5.82 Å². The van der Waals surface area contributed by atoms with Gasteiger partial charge in [0.25, 0.3) is 0 Å². The second kappa shape index (κ2) is 9.87. The number of benzene rings is 2. The maximum Gasteiger partial charge on any atom is 0.343 e. The average Bonchev–Trinajstić information content (AvgIpc) is 3.22. The van der Waals surface area contributed by atoms with E-state index in [1.54, 1.807) is 6.92 Å². The molecule has 0 saturated carbocycles. The van der Waals surface area contributed by atoms with Crippen LogP contribution in [0.5, 0.6) is 0 Å². The van der Waals surface area contributed by atoms with E-state index in [2.05, 4.69) is 29.5 Å². The lowest BCUT2D eigenvalue weighted by Crippen LogP contribution is -2.19. The first-order valence-corrected chi connectivity index (χ1v) is 11.3. The highest BCUT2D eigenvalue weighted by Crippen LogP contribution is 2.27. The van der Waals surface area contributed by atoms with Gasteiger partial charge in [0.1, 0.15) is 5.56 Å². The van der Waals surface area contributed by atoms with Gasteiger partial charge in [0.15, 0.2) is 11.6 Å². The van der Waals surface area contributed by atoms with Crippen LogP contribution in [0.2, 0.25) is 0 Å². The SMILES string of the molecule is CCOC(=O)c1cnn(-c2cc(C)c3cc(C)cc(C)c3n2)c1NC(=O)CCc1ccccc1. The third kappa shape index (κ3) is 4.83. The monoisotopic (exact) mass is 456 g/mol. The summed E-state index contributed by atoms with van der Waals surface area (Å²) in [6, 6.07) is 15.9. The number of hydrogen-bond donors (Lipinski definition) is 1. The number of nitrogens with one attached hydrogen (secondary N) is 1. The van der Waals surface area contributed by atoms with Crippen LogP contribution < -0.4 is 5.32 Å². The van der Waals surface area contributed by atoms with Gasteiger partial charge in [-0.3, -0.25) is 4.79 Å². The Bertz CT molecular complexity index is 1360. The Morgan fingerprint density at radius 2 is 1.79 bits per heavy atom. The van der Waals surface area contributed by atoms with Gasteiger partial charge in [-0.1, -0.05) is 42.0 Å². The molecule has 174 valence electrons. The number of carbonyl (C=O) groups is 2. The number of anilines is 1. The summed E-state index contributed by atoms with van der Waals surface area (Å²) in [7, 11) is 0. The molecule has 0 aliphatic rings. The second-order valence-electron chi connectivity index (χ2n) is 8.35. The molecule has 4 aromatic rings. The fourth-order valence-corrected chi connectivity index (χ4v) is 4.03.